The highest BCUT2D eigenvalue weighted by atomic mass is 16.3. The van der Waals surface area contributed by atoms with E-state index in [1.807, 2.05) is 12.1 Å². The van der Waals surface area contributed by atoms with Crippen LogP contribution in [0, 0.1) is 0 Å². The Morgan fingerprint density at radius 3 is 2.10 bits per heavy atom. The molecule has 2 aliphatic rings. The van der Waals surface area contributed by atoms with Crippen LogP contribution in [0.5, 0.6) is 0 Å². The van der Waals surface area contributed by atoms with E-state index in [-0.39, 0.29) is 10.8 Å². The van der Waals surface area contributed by atoms with Gasteiger partial charge in [0.25, 0.3) is 0 Å². The number of furan rings is 2. The van der Waals surface area contributed by atoms with Crippen LogP contribution in [-0.4, -0.2) is 11.8 Å². The number of hydrogen-bond acceptors (Lipinski definition) is 3. The molecule has 1 aliphatic heterocycles. The minimum atomic E-state index is -0.149. The zero-order valence-corrected chi connectivity index (χ0v) is 34.2. The molecule has 0 atom stereocenters. The Morgan fingerprint density at radius 2 is 1.28 bits per heavy atom. The molecular weight excluding hydrogens is 731 g/mol. The van der Waals surface area contributed by atoms with Gasteiger partial charge in [-0.2, -0.15) is 0 Å². The maximum atomic E-state index is 6.54. The number of hydrogen-bond donors (Lipinski definition) is 1. The zero-order valence-electron chi connectivity index (χ0n) is 34.2. The quantitative estimate of drug-likeness (QED) is 0.182. The van der Waals surface area contributed by atoms with E-state index in [0.717, 1.165) is 71.9 Å². The van der Waals surface area contributed by atoms with E-state index in [4.69, 9.17) is 8.83 Å². The largest absolute Gasteiger partial charge is 0.456 e. The monoisotopic (exact) mass is 771 g/mol. The smallest absolute Gasteiger partial charge is 0.197 e. The molecule has 3 aromatic heterocycles. The molecule has 4 heterocycles. The lowest BCUT2D eigenvalue weighted by Crippen LogP contribution is -2.37. The average molecular weight is 772 g/mol. The fraction of sp³-hybridized carbons (Fsp3) is 0.127. The van der Waals surface area contributed by atoms with Crippen LogP contribution in [0.3, 0.4) is 0 Å². The molecular formula is C55H40BN2O2. The van der Waals surface area contributed by atoms with Crippen LogP contribution in [0.4, 0.5) is 11.4 Å². The molecule has 5 heteroatoms. The Morgan fingerprint density at radius 1 is 0.550 bits per heavy atom. The van der Waals surface area contributed by atoms with Gasteiger partial charge in [-0.25, -0.2) is 0 Å². The molecule has 8 aromatic carbocycles. The summed E-state index contributed by atoms with van der Waals surface area (Å²) < 4.78 is 15.5. The van der Waals surface area contributed by atoms with Crippen molar-refractivity contribution in [2.24, 2.45) is 0 Å². The molecule has 0 spiro atoms. The standard InChI is InChI=1S/C55H40BN2O2/c1-54(2,3)30-18-20-31(21-19-30)57-43-28-41-37(32-12-6-9-15-40(32)55(41,4)5)26-38(43)34-22-23-36-50-44(24-25-48-51(50)35-14-8-11-17-47(35)59-48)58-45-29-49-39(27-42(45)56-52(34)53(36)58)33-13-7-10-16-46(33)60-49/h6-29,57H,1-5H3. The summed E-state index contributed by atoms with van der Waals surface area (Å²) in [4.78, 5) is 0. The molecule has 0 unspecified atom stereocenters. The number of nitrogens with one attached hydrogen (secondary N) is 1. The Kier molecular flexibility index (Phi) is 6.57. The highest BCUT2D eigenvalue weighted by Crippen LogP contribution is 2.52. The highest BCUT2D eigenvalue weighted by Gasteiger charge is 2.37. The Balaban J connectivity index is 1.13. The number of fused-ring (bicyclic) bond motifs is 15. The third-order valence-electron chi connectivity index (χ3n) is 13.6. The van der Waals surface area contributed by atoms with Gasteiger partial charge in [0.1, 0.15) is 22.3 Å². The first-order valence-corrected chi connectivity index (χ1v) is 21.0. The van der Waals surface area contributed by atoms with Crippen molar-refractivity contribution in [2.75, 3.05) is 5.32 Å². The van der Waals surface area contributed by atoms with E-state index in [1.54, 1.807) is 0 Å². The van der Waals surface area contributed by atoms with Gasteiger partial charge in [-0.3, -0.25) is 0 Å². The maximum absolute atomic E-state index is 6.54. The van der Waals surface area contributed by atoms with Crippen molar-refractivity contribution in [3.05, 3.63) is 162 Å². The van der Waals surface area contributed by atoms with Gasteiger partial charge in [0.15, 0.2) is 7.28 Å². The van der Waals surface area contributed by atoms with E-state index in [2.05, 4.69) is 185 Å². The lowest BCUT2D eigenvalue weighted by atomic mass is 9.59. The summed E-state index contributed by atoms with van der Waals surface area (Å²) in [6.45, 7) is 11.5. The number of aromatic nitrogens is 1. The summed E-state index contributed by atoms with van der Waals surface area (Å²) in [5.41, 5.74) is 20.4. The van der Waals surface area contributed by atoms with E-state index in [9.17, 15) is 0 Å². The molecule has 1 aliphatic carbocycles. The van der Waals surface area contributed by atoms with E-state index >= 15 is 0 Å². The van der Waals surface area contributed by atoms with Crippen molar-refractivity contribution in [1.29, 1.82) is 0 Å². The normalized spacial score (nSPS) is 14.0. The third-order valence-corrected chi connectivity index (χ3v) is 13.6. The summed E-state index contributed by atoms with van der Waals surface area (Å²) in [5.74, 6) is 0. The van der Waals surface area contributed by atoms with E-state index in [1.165, 1.54) is 60.7 Å². The first-order chi connectivity index (χ1) is 29.1. The van der Waals surface area contributed by atoms with Crippen molar-refractivity contribution in [3.8, 4) is 27.9 Å². The SMILES string of the molecule is CC(C)(C)c1ccc(Nc2cc3c(cc2-c2ccc4c5c6c(ccc5n5c4c2[B]c2cc4c(cc2-5)oc2ccccc24)oc2ccccc26)-c2ccccc2C3(C)C)cc1. The first-order valence-electron chi connectivity index (χ1n) is 21.0. The van der Waals surface area contributed by atoms with Crippen LogP contribution in [0.25, 0.3) is 93.6 Å². The van der Waals surface area contributed by atoms with Crippen LogP contribution in [-0.2, 0) is 10.8 Å². The molecule has 13 rings (SSSR count). The predicted octanol–water partition coefficient (Wildman–Crippen LogP) is 13.6. The zero-order chi connectivity index (χ0) is 40.2. The van der Waals surface area contributed by atoms with Gasteiger partial charge in [0, 0.05) is 71.9 Å². The Bertz CT molecular complexity index is 3670. The first kappa shape index (κ1) is 33.9. The minimum absolute atomic E-state index is 0.0678. The second kappa shape index (κ2) is 11.6. The maximum Gasteiger partial charge on any atom is 0.197 e. The highest BCUT2D eigenvalue weighted by molar-refractivity contribution is 6.74. The topological polar surface area (TPSA) is 43.2 Å². The Labute approximate surface area is 348 Å². The molecule has 285 valence electrons. The lowest BCUT2D eigenvalue weighted by Gasteiger charge is -2.26. The average Bonchev–Trinajstić information content (AvgIpc) is 3.97. The van der Waals surface area contributed by atoms with Crippen LogP contribution in [0.15, 0.2) is 154 Å². The summed E-state index contributed by atoms with van der Waals surface area (Å²) >= 11 is 0. The van der Waals surface area contributed by atoms with Gasteiger partial charge < -0.3 is 18.7 Å². The number of para-hydroxylation sites is 2. The molecule has 0 fully saturated rings. The summed E-state index contributed by atoms with van der Waals surface area (Å²) in [5, 5.41) is 10.9. The van der Waals surface area contributed by atoms with Crippen LogP contribution in [0.1, 0.15) is 51.3 Å². The van der Waals surface area contributed by atoms with Crippen LogP contribution >= 0.6 is 0 Å². The van der Waals surface area contributed by atoms with Crippen LogP contribution in [0.2, 0.25) is 0 Å². The molecule has 4 nitrogen and oxygen atoms in total. The predicted molar refractivity (Wildman–Crippen MR) is 252 cm³/mol. The fourth-order valence-electron chi connectivity index (χ4n) is 10.6. The lowest BCUT2D eigenvalue weighted by molar-refractivity contribution is 0.590. The van der Waals surface area contributed by atoms with Crippen molar-refractivity contribution in [1.82, 2.24) is 4.57 Å². The number of anilines is 2. The molecule has 1 radical (unpaired) electrons. The van der Waals surface area contributed by atoms with Gasteiger partial charge in [0.2, 0.25) is 0 Å². The van der Waals surface area contributed by atoms with Crippen molar-refractivity contribution >= 4 is 95.3 Å². The molecule has 0 saturated heterocycles. The van der Waals surface area contributed by atoms with E-state index < -0.39 is 0 Å². The number of nitrogens with zero attached hydrogens (tertiary/aromatic N) is 1. The fourth-order valence-corrected chi connectivity index (χ4v) is 10.6. The van der Waals surface area contributed by atoms with Crippen LogP contribution < -0.4 is 16.2 Å². The van der Waals surface area contributed by atoms with Gasteiger partial charge >= 0.3 is 0 Å². The molecule has 0 amide bonds. The molecule has 1 N–H and O–H groups in total. The summed E-state index contributed by atoms with van der Waals surface area (Å²) in [6, 6.07) is 53.2. The molecule has 0 bridgehead atoms. The van der Waals surface area contributed by atoms with Gasteiger partial charge in [-0.05, 0) is 92.8 Å². The van der Waals surface area contributed by atoms with Crippen molar-refractivity contribution in [2.45, 2.75) is 45.4 Å². The molecule has 0 saturated carbocycles. The van der Waals surface area contributed by atoms with Crippen molar-refractivity contribution in [3.63, 3.8) is 0 Å². The second-order valence-corrected chi connectivity index (χ2v) is 18.4. The van der Waals surface area contributed by atoms with E-state index in [0.29, 0.717) is 0 Å². The van der Waals surface area contributed by atoms with Crippen molar-refractivity contribution < 1.29 is 8.83 Å². The number of rotatable bonds is 3. The van der Waals surface area contributed by atoms with Gasteiger partial charge in [0.05, 0.1) is 5.52 Å². The second-order valence-electron chi connectivity index (χ2n) is 18.4. The minimum Gasteiger partial charge on any atom is -0.456 e. The summed E-state index contributed by atoms with van der Waals surface area (Å²) in [7, 11) is 2.42. The summed E-state index contributed by atoms with van der Waals surface area (Å²) in [6.07, 6.45) is 0. The van der Waals surface area contributed by atoms with Gasteiger partial charge in [-0.15, -0.1) is 0 Å². The third kappa shape index (κ3) is 4.52. The van der Waals surface area contributed by atoms with Gasteiger partial charge in [-0.1, -0.05) is 131 Å². The number of benzene rings is 8. The molecule has 11 aromatic rings. The molecule has 60 heavy (non-hydrogen) atoms. The Hall–Kier alpha value is -6.98.